The molecular weight excluding hydrogens is 353 g/mol. The molecule has 1 heterocycles. The number of rotatable bonds is 3. The summed E-state index contributed by atoms with van der Waals surface area (Å²) in [7, 11) is 0. The van der Waals surface area contributed by atoms with E-state index in [0.717, 1.165) is 34.8 Å². The van der Waals surface area contributed by atoms with Crippen LogP contribution in [0.5, 0.6) is 0 Å². The third kappa shape index (κ3) is 3.39. The Bertz CT molecular complexity index is 816. The van der Waals surface area contributed by atoms with Crippen molar-refractivity contribution in [2.75, 3.05) is 28.3 Å². The van der Waals surface area contributed by atoms with Crippen LogP contribution in [0.3, 0.4) is 0 Å². The summed E-state index contributed by atoms with van der Waals surface area (Å²) in [6, 6.07) is 26.2. The quantitative estimate of drug-likeness (QED) is 0.589. The molecular formula is C20H17Cl2N3. The Morgan fingerprint density at radius 2 is 1.04 bits per heavy atom. The molecule has 1 saturated heterocycles. The summed E-state index contributed by atoms with van der Waals surface area (Å²) < 4.78 is 0. The molecule has 126 valence electrons. The Kier molecular flexibility index (Phi) is 4.43. The monoisotopic (exact) mass is 369 g/mol. The molecule has 5 heteroatoms. The van der Waals surface area contributed by atoms with E-state index in [1.54, 1.807) is 0 Å². The summed E-state index contributed by atoms with van der Waals surface area (Å²) in [4.78, 5) is 2.31. The Morgan fingerprint density at radius 1 is 0.560 bits per heavy atom. The molecule has 4 rings (SSSR count). The summed E-state index contributed by atoms with van der Waals surface area (Å²) in [5, 5.41) is 5.87. The highest BCUT2D eigenvalue weighted by atomic mass is 35.5. The number of hydrazine groups is 1. The predicted octanol–water partition coefficient (Wildman–Crippen LogP) is 5.66. The normalized spacial score (nSPS) is 14.2. The molecule has 0 radical (unpaired) electrons. The summed E-state index contributed by atoms with van der Waals surface area (Å²) >= 11 is 12.4. The van der Waals surface area contributed by atoms with E-state index in [-0.39, 0.29) is 0 Å². The molecule has 0 unspecified atom stereocenters. The van der Waals surface area contributed by atoms with Crippen molar-refractivity contribution >= 4 is 40.3 Å². The molecule has 0 atom stereocenters. The molecule has 0 aliphatic carbocycles. The van der Waals surface area contributed by atoms with Crippen molar-refractivity contribution in [2.24, 2.45) is 0 Å². The van der Waals surface area contributed by atoms with E-state index in [1.807, 2.05) is 42.5 Å². The van der Waals surface area contributed by atoms with Crippen LogP contribution in [0.15, 0.2) is 78.9 Å². The second-order valence-corrected chi connectivity index (χ2v) is 6.79. The van der Waals surface area contributed by atoms with Gasteiger partial charge in [0.2, 0.25) is 0 Å². The van der Waals surface area contributed by atoms with Crippen molar-refractivity contribution in [1.82, 2.24) is 0 Å². The van der Waals surface area contributed by atoms with Gasteiger partial charge in [-0.2, -0.15) is 0 Å². The van der Waals surface area contributed by atoms with E-state index in [4.69, 9.17) is 23.2 Å². The fourth-order valence-corrected chi connectivity index (χ4v) is 3.41. The van der Waals surface area contributed by atoms with Crippen molar-refractivity contribution in [3.8, 4) is 0 Å². The van der Waals surface area contributed by atoms with Crippen LogP contribution in [0.25, 0.3) is 0 Å². The molecule has 1 fully saturated rings. The number of hydrogen-bond donors (Lipinski definition) is 0. The zero-order valence-corrected chi connectivity index (χ0v) is 15.0. The van der Waals surface area contributed by atoms with Crippen molar-refractivity contribution in [2.45, 2.75) is 0 Å². The minimum absolute atomic E-state index is 0.724. The highest BCUT2D eigenvalue weighted by molar-refractivity contribution is 6.31. The molecule has 0 N–H and O–H groups in total. The van der Waals surface area contributed by atoms with Crippen LogP contribution >= 0.6 is 23.2 Å². The topological polar surface area (TPSA) is 9.72 Å². The summed E-state index contributed by atoms with van der Waals surface area (Å²) in [5.41, 5.74) is 3.27. The van der Waals surface area contributed by atoms with Crippen molar-refractivity contribution in [1.29, 1.82) is 0 Å². The number of halogens is 2. The van der Waals surface area contributed by atoms with Crippen LogP contribution in [0.2, 0.25) is 10.0 Å². The van der Waals surface area contributed by atoms with Crippen LogP contribution in [0, 0.1) is 0 Å². The standard InChI is InChI=1S/C20H17Cl2N3/c21-16-6-4-10-19(12-16)24-14-23(18-8-2-1-3-9-18)15-25(24)20-11-5-7-17(22)13-20/h1-13H,14-15H2. The molecule has 3 aromatic carbocycles. The summed E-state index contributed by atoms with van der Waals surface area (Å²) in [6.07, 6.45) is 0. The maximum atomic E-state index is 6.22. The average molecular weight is 370 g/mol. The van der Waals surface area contributed by atoms with Gasteiger partial charge in [0.1, 0.15) is 13.3 Å². The molecule has 0 bridgehead atoms. The maximum Gasteiger partial charge on any atom is 0.112 e. The van der Waals surface area contributed by atoms with Crippen molar-refractivity contribution in [3.05, 3.63) is 88.9 Å². The first kappa shape index (κ1) is 16.1. The van der Waals surface area contributed by atoms with E-state index in [0.29, 0.717) is 0 Å². The highest BCUT2D eigenvalue weighted by Gasteiger charge is 2.29. The molecule has 3 nitrogen and oxygen atoms in total. The average Bonchev–Trinajstić information content (AvgIpc) is 3.08. The molecule has 25 heavy (non-hydrogen) atoms. The lowest BCUT2D eigenvalue weighted by Crippen LogP contribution is -2.36. The molecule has 0 saturated carbocycles. The van der Waals surface area contributed by atoms with Gasteiger partial charge < -0.3 is 4.90 Å². The second-order valence-electron chi connectivity index (χ2n) is 5.92. The van der Waals surface area contributed by atoms with E-state index in [9.17, 15) is 0 Å². The minimum Gasteiger partial charge on any atom is -0.332 e. The number of anilines is 3. The third-order valence-electron chi connectivity index (χ3n) is 4.23. The third-order valence-corrected chi connectivity index (χ3v) is 4.70. The first-order valence-corrected chi connectivity index (χ1v) is 8.82. The van der Waals surface area contributed by atoms with Gasteiger partial charge in [-0.25, -0.2) is 0 Å². The fourth-order valence-electron chi connectivity index (χ4n) is 3.04. The zero-order chi connectivity index (χ0) is 17.2. The fraction of sp³-hybridized carbons (Fsp3) is 0.100. The predicted molar refractivity (Wildman–Crippen MR) is 107 cm³/mol. The van der Waals surface area contributed by atoms with Crippen LogP contribution in [-0.2, 0) is 0 Å². The lowest BCUT2D eigenvalue weighted by atomic mass is 10.3. The number of hydrogen-bond acceptors (Lipinski definition) is 3. The largest absolute Gasteiger partial charge is 0.332 e. The Balaban J connectivity index is 1.73. The first-order chi connectivity index (χ1) is 12.2. The first-order valence-electron chi connectivity index (χ1n) is 8.07. The van der Waals surface area contributed by atoms with E-state index in [1.165, 1.54) is 5.69 Å². The molecule has 0 aromatic heterocycles. The number of para-hydroxylation sites is 1. The van der Waals surface area contributed by atoms with E-state index >= 15 is 0 Å². The molecule has 1 aliphatic rings. The molecule has 1 aliphatic heterocycles. The number of benzene rings is 3. The van der Waals surface area contributed by atoms with Gasteiger partial charge in [-0.15, -0.1) is 0 Å². The van der Waals surface area contributed by atoms with Gasteiger partial charge in [0.05, 0.1) is 11.4 Å². The van der Waals surface area contributed by atoms with Crippen molar-refractivity contribution < 1.29 is 0 Å². The van der Waals surface area contributed by atoms with E-state index < -0.39 is 0 Å². The van der Waals surface area contributed by atoms with Crippen molar-refractivity contribution in [3.63, 3.8) is 0 Å². The minimum atomic E-state index is 0.724. The van der Waals surface area contributed by atoms with Crippen LogP contribution in [0.4, 0.5) is 17.1 Å². The second kappa shape index (κ2) is 6.87. The number of nitrogens with zero attached hydrogens (tertiary/aromatic N) is 3. The summed E-state index contributed by atoms with van der Waals surface area (Å²) in [6.45, 7) is 1.47. The smallest absolute Gasteiger partial charge is 0.112 e. The van der Waals surface area contributed by atoms with Gasteiger partial charge >= 0.3 is 0 Å². The van der Waals surface area contributed by atoms with Crippen LogP contribution in [0.1, 0.15) is 0 Å². The van der Waals surface area contributed by atoms with Crippen LogP contribution in [-0.4, -0.2) is 13.3 Å². The van der Waals surface area contributed by atoms with Gasteiger partial charge in [0.15, 0.2) is 0 Å². The van der Waals surface area contributed by atoms with E-state index in [2.05, 4.69) is 51.3 Å². The Hall–Kier alpha value is -2.36. The lowest BCUT2D eigenvalue weighted by Gasteiger charge is -2.29. The SMILES string of the molecule is Clc1cccc(N2CN(c3ccccc3)CN2c2cccc(Cl)c2)c1. The van der Waals surface area contributed by atoms with Gasteiger partial charge in [-0.05, 0) is 48.5 Å². The molecule has 0 amide bonds. The maximum absolute atomic E-state index is 6.22. The summed E-state index contributed by atoms with van der Waals surface area (Å²) in [5.74, 6) is 0. The molecule has 3 aromatic rings. The molecule has 0 spiro atoms. The van der Waals surface area contributed by atoms with Gasteiger partial charge in [0.25, 0.3) is 0 Å². The van der Waals surface area contributed by atoms with Crippen LogP contribution < -0.4 is 14.9 Å². The Labute approximate surface area is 157 Å². The Morgan fingerprint density at radius 3 is 1.52 bits per heavy atom. The lowest BCUT2D eigenvalue weighted by molar-refractivity contribution is 0.891. The van der Waals surface area contributed by atoms with Gasteiger partial charge in [-0.3, -0.25) is 10.0 Å². The van der Waals surface area contributed by atoms with Gasteiger partial charge in [-0.1, -0.05) is 53.5 Å². The highest BCUT2D eigenvalue weighted by Crippen LogP contribution is 2.32. The zero-order valence-electron chi connectivity index (χ0n) is 13.5. The van der Waals surface area contributed by atoms with Gasteiger partial charge in [0, 0.05) is 15.7 Å².